The molecular weight excluding hydrogens is 204 g/mol. The maximum atomic E-state index is 11.5. The molecule has 0 aliphatic carbocycles. The highest BCUT2D eigenvalue weighted by molar-refractivity contribution is 5.97. The number of anilines is 1. The third kappa shape index (κ3) is 1.79. The molecule has 1 aromatic heterocycles. The molecular formula is C11H12N4O. The van der Waals surface area contributed by atoms with E-state index in [-0.39, 0.29) is 17.3 Å². The standard InChI is InChI=1S/C11H12N4O/c1-2-9(16)10-11(12)14-15(13-10)8-6-4-3-5-7-8/h3-7H,2H2,1H3,(H2,12,14). The maximum absolute atomic E-state index is 11.5. The summed E-state index contributed by atoms with van der Waals surface area (Å²) in [6.07, 6.45) is 0.373. The molecule has 2 N–H and O–H groups in total. The number of nitrogen functional groups attached to an aromatic ring is 1. The van der Waals surface area contributed by atoms with Crippen molar-refractivity contribution in [3.8, 4) is 5.69 Å². The molecule has 0 spiro atoms. The van der Waals surface area contributed by atoms with E-state index in [0.717, 1.165) is 5.69 Å². The number of carbonyl (C=O) groups is 1. The summed E-state index contributed by atoms with van der Waals surface area (Å²) in [5.41, 5.74) is 6.66. The zero-order chi connectivity index (χ0) is 11.5. The molecule has 5 nitrogen and oxygen atoms in total. The average Bonchev–Trinajstić information content (AvgIpc) is 2.71. The lowest BCUT2D eigenvalue weighted by Crippen LogP contribution is -2.02. The number of ketones is 1. The Morgan fingerprint density at radius 1 is 1.31 bits per heavy atom. The van der Waals surface area contributed by atoms with Crippen molar-refractivity contribution >= 4 is 11.6 Å². The van der Waals surface area contributed by atoms with Gasteiger partial charge in [0.05, 0.1) is 5.69 Å². The molecule has 16 heavy (non-hydrogen) atoms. The number of nitrogens with two attached hydrogens (primary N) is 1. The summed E-state index contributed by atoms with van der Waals surface area (Å²) in [5, 5.41) is 8.09. The van der Waals surface area contributed by atoms with Gasteiger partial charge in [-0.2, -0.15) is 0 Å². The first-order valence-electron chi connectivity index (χ1n) is 5.03. The quantitative estimate of drug-likeness (QED) is 0.788. The Hall–Kier alpha value is -2.17. The number of benzene rings is 1. The van der Waals surface area contributed by atoms with Crippen molar-refractivity contribution in [2.24, 2.45) is 0 Å². The predicted octanol–water partition coefficient (Wildman–Crippen LogP) is 1.44. The number of Topliss-reactive ketones (excluding diaryl/α,β-unsaturated/α-hetero) is 1. The number of carbonyl (C=O) groups excluding carboxylic acids is 1. The van der Waals surface area contributed by atoms with Crippen LogP contribution >= 0.6 is 0 Å². The normalized spacial score (nSPS) is 10.3. The summed E-state index contributed by atoms with van der Waals surface area (Å²) in [4.78, 5) is 12.9. The molecule has 2 aromatic rings. The van der Waals surface area contributed by atoms with Crippen LogP contribution in [-0.2, 0) is 0 Å². The highest BCUT2D eigenvalue weighted by Crippen LogP contribution is 2.11. The van der Waals surface area contributed by atoms with E-state index in [1.807, 2.05) is 30.3 Å². The van der Waals surface area contributed by atoms with Gasteiger partial charge >= 0.3 is 0 Å². The fourth-order valence-corrected chi connectivity index (χ4v) is 1.36. The predicted molar refractivity (Wildman–Crippen MR) is 60.4 cm³/mol. The first-order valence-corrected chi connectivity index (χ1v) is 5.03. The Morgan fingerprint density at radius 3 is 2.62 bits per heavy atom. The lowest BCUT2D eigenvalue weighted by atomic mass is 10.2. The van der Waals surface area contributed by atoms with Gasteiger partial charge in [0, 0.05) is 6.42 Å². The molecule has 0 aliphatic heterocycles. The van der Waals surface area contributed by atoms with Gasteiger partial charge < -0.3 is 5.73 Å². The van der Waals surface area contributed by atoms with Crippen LogP contribution in [0.2, 0.25) is 0 Å². The highest BCUT2D eigenvalue weighted by Gasteiger charge is 2.14. The minimum Gasteiger partial charge on any atom is -0.380 e. The van der Waals surface area contributed by atoms with Gasteiger partial charge in [-0.3, -0.25) is 4.79 Å². The molecule has 0 amide bonds. The Labute approximate surface area is 92.9 Å². The van der Waals surface area contributed by atoms with Crippen LogP contribution in [-0.4, -0.2) is 20.8 Å². The Kier molecular flexibility index (Phi) is 2.68. The van der Waals surface area contributed by atoms with Gasteiger partial charge in [-0.25, -0.2) is 0 Å². The number of nitrogens with zero attached hydrogens (tertiary/aromatic N) is 3. The van der Waals surface area contributed by atoms with E-state index >= 15 is 0 Å². The maximum Gasteiger partial charge on any atom is 0.186 e. The van der Waals surface area contributed by atoms with Crippen LogP contribution in [0.4, 0.5) is 5.82 Å². The molecule has 0 bridgehead atoms. The summed E-state index contributed by atoms with van der Waals surface area (Å²) in [6.45, 7) is 1.77. The molecule has 82 valence electrons. The van der Waals surface area contributed by atoms with E-state index in [2.05, 4.69) is 10.2 Å². The van der Waals surface area contributed by atoms with Gasteiger partial charge in [-0.05, 0) is 12.1 Å². The molecule has 2 rings (SSSR count). The largest absolute Gasteiger partial charge is 0.380 e. The summed E-state index contributed by atoms with van der Waals surface area (Å²) < 4.78 is 0. The SMILES string of the molecule is CCC(=O)c1nn(-c2ccccc2)nc1N. The lowest BCUT2D eigenvalue weighted by molar-refractivity contribution is 0.0984. The van der Waals surface area contributed by atoms with Crippen LogP contribution in [0.1, 0.15) is 23.8 Å². The van der Waals surface area contributed by atoms with Crippen LogP contribution in [0.5, 0.6) is 0 Å². The molecule has 1 heterocycles. The van der Waals surface area contributed by atoms with Gasteiger partial charge in [-0.15, -0.1) is 15.0 Å². The highest BCUT2D eigenvalue weighted by atomic mass is 16.1. The van der Waals surface area contributed by atoms with Crippen molar-refractivity contribution in [3.63, 3.8) is 0 Å². The van der Waals surface area contributed by atoms with Gasteiger partial charge in [0.1, 0.15) is 0 Å². The summed E-state index contributed by atoms with van der Waals surface area (Å²) in [6, 6.07) is 9.33. The lowest BCUT2D eigenvalue weighted by Gasteiger charge is -1.96. The average molecular weight is 216 g/mol. The fourth-order valence-electron chi connectivity index (χ4n) is 1.36. The number of aromatic nitrogens is 3. The Morgan fingerprint density at radius 2 is 2.00 bits per heavy atom. The Balaban J connectivity index is 2.42. The van der Waals surface area contributed by atoms with E-state index in [1.54, 1.807) is 6.92 Å². The zero-order valence-electron chi connectivity index (χ0n) is 8.92. The molecule has 0 saturated carbocycles. The van der Waals surface area contributed by atoms with Gasteiger partial charge in [0.15, 0.2) is 17.3 Å². The summed E-state index contributed by atoms with van der Waals surface area (Å²) in [7, 11) is 0. The minimum absolute atomic E-state index is 0.0975. The van der Waals surface area contributed by atoms with Gasteiger partial charge in [0.2, 0.25) is 0 Å². The number of hydrogen-bond donors (Lipinski definition) is 1. The second kappa shape index (κ2) is 4.14. The van der Waals surface area contributed by atoms with E-state index in [0.29, 0.717) is 6.42 Å². The van der Waals surface area contributed by atoms with E-state index < -0.39 is 0 Å². The third-order valence-electron chi connectivity index (χ3n) is 2.21. The fraction of sp³-hybridized carbons (Fsp3) is 0.182. The number of hydrogen-bond acceptors (Lipinski definition) is 4. The first-order chi connectivity index (χ1) is 7.72. The molecule has 5 heteroatoms. The molecule has 0 fully saturated rings. The van der Waals surface area contributed by atoms with E-state index in [1.165, 1.54) is 4.80 Å². The monoisotopic (exact) mass is 216 g/mol. The number of para-hydroxylation sites is 1. The van der Waals surface area contributed by atoms with Crippen molar-refractivity contribution in [2.45, 2.75) is 13.3 Å². The van der Waals surface area contributed by atoms with Crippen molar-refractivity contribution in [1.29, 1.82) is 0 Å². The molecule has 0 radical (unpaired) electrons. The Bertz CT molecular complexity index is 504. The van der Waals surface area contributed by atoms with E-state index in [9.17, 15) is 4.79 Å². The second-order valence-electron chi connectivity index (χ2n) is 3.34. The van der Waals surface area contributed by atoms with E-state index in [4.69, 9.17) is 5.73 Å². The minimum atomic E-state index is -0.0975. The van der Waals surface area contributed by atoms with Gasteiger partial charge in [0.25, 0.3) is 0 Å². The van der Waals surface area contributed by atoms with Crippen LogP contribution in [0.3, 0.4) is 0 Å². The smallest absolute Gasteiger partial charge is 0.186 e. The molecule has 1 aromatic carbocycles. The van der Waals surface area contributed by atoms with Crippen LogP contribution in [0, 0.1) is 0 Å². The summed E-state index contributed by atoms with van der Waals surface area (Å²) in [5.74, 6) is 0.0791. The van der Waals surface area contributed by atoms with Crippen molar-refractivity contribution < 1.29 is 4.79 Å². The first kappa shape index (κ1) is 10.4. The van der Waals surface area contributed by atoms with Crippen molar-refractivity contribution in [1.82, 2.24) is 15.0 Å². The van der Waals surface area contributed by atoms with Crippen molar-refractivity contribution in [3.05, 3.63) is 36.0 Å². The third-order valence-corrected chi connectivity index (χ3v) is 2.21. The molecule has 0 unspecified atom stereocenters. The topological polar surface area (TPSA) is 73.8 Å². The molecule has 0 saturated heterocycles. The van der Waals surface area contributed by atoms with Crippen LogP contribution in [0.15, 0.2) is 30.3 Å². The van der Waals surface area contributed by atoms with Crippen molar-refractivity contribution in [2.75, 3.05) is 5.73 Å². The zero-order valence-corrected chi connectivity index (χ0v) is 8.92. The summed E-state index contributed by atoms with van der Waals surface area (Å²) >= 11 is 0. The number of rotatable bonds is 3. The second-order valence-corrected chi connectivity index (χ2v) is 3.34. The van der Waals surface area contributed by atoms with Gasteiger partial charge in [-0.1, -0.05) is 25.1 Å². The molecule has 0 aliphatic rings. The van der Waals surface area contributed by atoms with Crippen LogP contribution < -0.4 is 5.73 Å². The molecule has 0 atom stereocenters. The van der Waals surface area contributed by atoms with Crippen LogP contribution in [0.25, 0.3) is 5.69 Å².